The van der Waals surface area contributed by atoms with Crippen molar-refractivity contribution in [2.75, 3.05) is 26.3 Å². The average molecular weight is 325 g/mol. The molecule has 3 heterocycles. The highest BCUT2D eigenvalue weighted by molar-refractivity contribution is 6.31. The van der Waals surface area contributed by atoms with Crippen LogP contribution < -0.4 is 5.69 Å². The zero-order valence-electron chi connectivity index (χ0n) is 12.7. The predicted octanol–water partition coefficient (Wildman–Crippen LogP) is 1.88. The lowest BCUT2D eigenvalue weighted by Gasteiger charge is -2.34. The zero-order valence-corrected chi connectivity index (χ0v) is 13.5. The first-order chi connectivity index (χ1) is 10.7. The Balaban J connectivity index is 1.76. The number of hydrogen-bond acceptors (Lipinski definition) is 4. The Kier molecular flexibility index (Phi) is 4.81. The largest absolute Gasteiger partial charge is 0.379 e. The normalized spacial score (nSPS) is 17.9. The molecule has 1 aliphatic heterocycles. The van der Waals surface area contributed by atoms with Crippen LogP contribution in [0.3, 0.4) is 0 Å². The first kappa shape index (κ1) is 15.5. The van der Waals surface area contributed by atoms with Crippen molar-refractivity contribution in [3.05, 3.63) is 27.8 Å². The van der Waals surface area contributed by atoms with Crippen molar-refractivity contribution in [2.45, 2.75) is 32.4 Å². The Morgan fingerprint density at radius 3 is 2.95 bits per heavy atom. The van der Waals surface area contributed by atoms with Crippen LogP contribution in [-0.4, -0.2) is 51.8 Å². The second-order valence-corrected chi connectivity index (χ2v) is 6.04. The second-order valence-electron chi connectivity index (χ2n) is 5.60. The number of imidazole rings is 1. The van der Waals surface area contributed by atoms with Crippen molar-refractivity contribution < 1.29 is 4.74 Å². The molecule has 22 heavy (non-hydrogen) atoms. The fourth-order valence-electron chi connectivity index (χ4n) is 3.10. The summed E-state index contributed by atoms with van der Waals surface area (Å²) in [6, 6.07) is 2.25. The average Bonchev–Trinajstić information content (AvgIpc) is 2.84. The first-order valence-electron chi connectivity index (χ1n) is 7.75. The van der Waals surface area contributed by atoms with E-state index in [1.165, 1.54) is 0 Å². The molecule has 6 nitrogen and oxygen atoms in total. The van der Waals surface area contributed by atoms with Crippen molar-refractivity contribution in [3.63, 3.8) is 0 Å². The van der Waals surface area contributed by atoms with Gasteiger partial charge in [-0.05, 0) is 18.9 Å². The number of morpholine rings is 1. The summed E-state index contributed by atoms with van der Waals surface area (Å²) < 4.78 is 7.14. The molecule has 0 spiro atoms. The highest BCUT2D eigenvalue weighted by atomic mass is 35.5. The molecule has 7 heteroatoms. The lowest BCUT2D eigenvalue weighted by molar-refractivity contribution is 0.0131. The molecule has 120 valence electrons. The first-order valence-corrected chi connectivity index (χ1v) is 8.12. The molecule has 0 amide bonds. The number of aromatic amines is 1. The van der Waals surface area contributed by atoms with Gasteiger partial charge in [-0.1, -0.05) is 18.5 Å². The van der Waals surface area contributed by atoms with Crippen LogP contribution in [-0.2, 0) is 11.3 Å². The molecule has 1 saturated heterocycles. The van der Waals surface area contributed by atoms with Crippen LogP contribution >= 0.6 is 11.6 Å². The number of halogens is 1. The van der Waals surface area contributed by atoms with Crippen molar-refractivity contribution in [1.29, 1.82) is 0 Å². The van der Waals surface area contributed by atoms with Gasteiger partial charge >= 0.3 is 5.69 Å². The van der Waals surface area contributed by atoms with Crippen molar-refractivity contribution in [2.24, 2.45) is 0 Å². The molecule has 0 aromatic carbocycles. The van der Waals surface area contributed by atoms with Crippen LogP contribution in [0.4, 0.5) is 0 Å². The summed E-state index contributed by atoms with van der Waals surface area (Å²) in [5, 5.41) is 0.542. The molecule has 2 aromatic rings. The van der Waals surface area contributed by atoms with Gasteiger partial charge in [0, 0.05) is 31.9 Å². The Morgan fingerprint density at radius 2 is 2.23 bits per heavy atom. The number of fused-ring (bicyclic) bond motifs is 1. The van der Waals surface area contributed by atoms with Gasteiger partial charge in [-0.15, -0.1) is 0 Å². The molecule has 0 bridgehead atoms. The van der Waals surface area contributed by atoms with Gasteiger partial charge in [-0.2, -0.15) is 0 Å². The number of aryl methyl sites for hydroxylation is 1. The summed E-state index contributed by atoms with van der Waals surface area (Å²) in [4.78, 5) is 21.5. The Labute approximate surface area is 134 Å². The number of nitrogens with one attached hydrogen (secondary N) is 1. The quantitative estimate of drug-likeness (QED) is 0.912. The maximum absolute atomic E-state index is 12.1. The van der Waals surface area contributed by atoms with Gasteiger partial charge in [0.25, 0.3) is 0 Å². The van der Waals surface area contributed by atoms with E-state index in [2.05, 4.69) is 21.8 Å². The molecule has 3 rings (SSSR count). The summed E-state index contributed by atoms with van der Waals surface area (Å²) >= 11 is 6.00. The van der Waals surface area contributed by atoms with E-state index < -0.39 is 0 Å². The van der Waals surface area contributed by atoms with Crippen molar-refractivity contribution in [3.8, 4) is 0 Å². The number of H-pyrrole nitrogens is 1. The van der Waals surface area contributed by atoms with Crippen LogP contribution in [0.1, 0.15) is 19.8 Å². The molecule has 0 radical (unpaired) electrons. The zero-order chi connectivity index (χ0) is 15.5. The number of nitrogens with zero attached hydrogens (tertiary/aromatic N) is 3. The lowest BCUT2D eigenvalue weighted by atomic mass is 10.1. The van der Waals surface area contributed by atoms with Gasteiger partial charge in [0.05, 0.1) is 23.8 Å². The standard InChI is InChI=1S/C15H21ClN4O2/c1-2-12(19-5-7-22-8-6-19)3-4-20-13-9-11(16)10-17-14(13)18-15(20)21/h9-10,12H,2-8H2,1H3,(H,17,18,21). The maximum Gasteiger partial charge on any atom is 0.327 e. The fraction of sp³-hybridized carbons (Fsp3) is 0.600. The fourth-order valence-corrected chi connectivity index (χ4v) is 3.25. The molecule has 1 N–H and O–H groups in total. The number of hydrogen-bond donors (Lipinski definition) is 1. The van der Waals surface area contributed by atoms with Gasteiger partial charge in [0.1, 0.15) is 0 Å². The molecule has 1 atom stereocenters. The molecule has 0 saturated carbocycles. The highest BCUT2D eigenvalue weighted by Crippen LogP contribution is 2.16. The number of rotatable bonds is 5. The summed E-state index contributed by atoms with van der Waals surface area (Å²) in [5.74, 6) is 0. The van der Waals surface area contributed by atoms with Crippen LogP contribution in [0.25, 0.3) is 11.2 Å². The maximum atomic E-state index is 12.1. The summed E-state index contributed by atoms with van der Waals surface area (Å²) in [5.41, 5.74) is 1.24. The van der Waals surface area contributed by atoms with E-state index in [-0.39, 0.29) is 5.69 Å². The topological polar surface area (TPSA) is 63.2 Å². The lowest BCUT2D eigenvalue weighted by Crippen LogP contribution is -2.43. The number of pyridine rings is 1. The Hall–Kier alpha value is -1.37. The highest BCUT2D eigenvalue weighted by Gasteiger charge is 2.20. The van der Waals surface area contributed by atoms with Gasteiger partial charge in [0.2, 0.25) is 0 Å². The van der Waals surface area contributed by atoms with Crippen LogP contribution in [0.2, 0.25) is 5.02 Å². The summed E-state index contributed by atoms with van der Waals surface area (Å²) in [7, 11) is 0. The predicted molar refractivity (Wildman–Crippen MR) is 86.5 cm³/mol. The van der Waals surface area contributed by atoms with Crippen LogP contribution in [0, 0.1) is 0 Å². The number of ether oxygens (including phenoxy) is 1. The van der Waals surface area contributed by atoms with E-state index >= 15 is 0 Å². The van der Waals surface area contributed by atoms with Crippen LogP contribution in [0.5, 0.6) is 0 Å². The monoisotopic (exact) mass is 324 g/mol. The van der Waals surface area contributed by atoms with Gasteiger partial charge in [-0.25, -0.2) is 9.78 Å². The molecule has 0 aliphatic carbocycles. The molecule has 2 aromatic heterocycles. The van der Waals surface area contributed by atoms with Gasteiger partial charge < -0.3 is 4.74 Å². The third kappa shape index (κ3) is 3.19. The third-order valence-electron chi connectivity index (χ3n) is 4.31. The van der Waals surface area contributed by atoms with Crippen LogP contribution in [0.15, 0.2) is 17.1 Å². The van der Waals surface area contributed by atoms with Crippen molar-refractivity contribution in [1.82, 2.24) is 19.4 Å². The number of aromatic nitrogens is 3. The van der Waals surface area contributed by atoms with E-state index in [4.69, 9.17) is 16.3 Å². The SMILES string of the molecule is CCC(CCn1c(=O)[nH]c2ncc(Cl)cc21)N1CCOCC1. The minimum atomic E-state index is -0.124. The summed E-state index contributed by atoms with van der Waals surface area (Å²) in [6.07, 6.45) is 3.54. The van der Waals surface area contributed by atoms with Gasteiger partial charge in [-0.3, -0.25) is 14.5 Å². The molecular weight excluding hydrogens is 304 g/mol. The smallest absolute Gasteiger partial charge is 0.327 e. The Morgan fingerprint density at radius 1 is 1.45 bits per heavy atom. The molecule has 1 fully saturated rings. The van der Waals surface area contributed by atoms with E-state index in [0.29, 0.717) is 23.3 Å². The minimum Gasteiger partial charge on any atom is -0.379 e. The minimum absolute atomic E-state index is 0.124. The summed E-state index contributed by atoms with van der Waals surface area (Å²) in [6.45, 7) is 6.38. The van der Waals surface area contributed by atoms with E-state index in [1.54, 1.807) is 16.8 Å². The second kappa shape index (κ2) is 6.81. The molecular formula is C15H21ClN4O2. The molecule has 1 unspecified atom stereocenters. The molecule has 1 aliphatic rings. The van der Waals surface area contributed by atoms with E-state index in [1.807, 2.05) is 0 Å². The van der Waals surface area contributed by atoms with Gasteiger partial charge in [0.15, 0.2) is 5.65 Å². The Bertz CT molecular complexity index is 690. The van der Waals surface area contributed by atoms with Crippen molar-refractivity contribution >= 4 is 22.8 Å². The van der Waals surface area contributed by atoms with E-state index in [9.17, 15) is 4.79 Å². The third-order valence-corrected chi connectivity index (χ3v) is 4.52. The van der Waals surface area contributed by atoms with E-state index in [0.717, 1.165) is 44.7 Å².